The lowest BCUT2D eigenvalue weighted by molar-refractivity contribution is -0.137. The lowest BCUT2D eigenvalue weighted by atomic mass is 10.1. The minimum atomic E-state index is -0.685. The minimum absolute atomic E-state index is 0.305. The van der Waals surface area contributed by atoms with Crippen LogP contribution in [-0.4, -0.2) is 23.3 Å². The van der Waals surface area contributed by atoms with Crippen LogP contribution in [0.4, 0.5) is 0 Å². The average molecular weight is 268 g/mol. The van der Waals surface area contributed by atoms with E-state index in [1.165, 1.54) is 25.7 Å². The fourth-order valence-electron chi connectivity index (χ4n) is 2.30. The van der Waals surface area contributed by atoms with Gasteiger partial charge in [-0.15, -0.1) is 0 Å². The summed E-state index contributed by atoms with van der Waals surface area (Å²) >= 11 is 0. The standard InChI is InChI=1S/C16H28O3/c1-2-3-8-11-14-15(19-14)12-9-6-4-5-7-10-13-16(17)18/h6,9,14-15H,2-5,7-8,10-13H2,1H3,(H,17,18)/b9-6-/t14-,15+/m1/s1. The number of hydrogen-bond donors (Lipinski definition) is 1. The van der Waals surface area contributed by atoms with E-state index in [2.05, 4.69) is 19.1 Å². The number of allylic oxidation sites excluding steroid dienone is 1. The maximum atomic E-state index is 10.3. The zero-order valence-corrected chi connectivity index (χ0v) is 12.1. The van der Waals surface area contributed by atoms with Gasteiger partial charge in [-0.1, -0.05) is 44.8 Å². The molecule has 0 saturated carbocycles. The summed E-state index contributed by atoms with van der Waals surface area (Å²) in [5, 5.41) is 8.50. The van der Waals surface area contributed by atoms with E-state index in [1.54, 1.807) is 0 Å². The van der Waals surface area contributed by atoms with Gasteiger partial charge >= 0.3 is 5.97 Å². The van der Waals surface area contributed by atoms with Crippen molar-refractivity contribution in [2.75, 3.05) is 0 Å². The Balaban J connectivity index is 1.85. The lowest BCUT2D eigenvalue weighted by Crippen LogP contribution is -1.93. The third kappa shape index (κ3) is 8.82. The van der Waals surface area contributed by atoms with Gasteiger partial charge in [-0.3, -0.25) is 4.79 Å². The molecular formula is C16H28O3. The zero-order chi connectivity index (χ0) is 13.9. The third-order valence-electron chi connectivity index (χ3n) is 3.58. The van der Waals surface area contributed by atoms with E-state index in [9.17, 15) is 4.79 Å². The largest absolute Gasteiger partial charge is 0.481 e. The molecule has 0 aromatic heterocycles. The van der Waals surface area contributed by atoms with Crippen LogP contribution in [0.5, 0.6) is 0 Å². The molecule has 0 aliphatic carbocycles. The first-order chi connectivity index (χ1) is 9.24. The van der Waals surface area contributed by atoms with Crippen molar-refractivity contribution in [1.82, 2.24) is 0 Å². The molecule has 3 nitrogen and oxygen atoms in total. The number of epoxide rings is 1. The van der Waals surface area contributed by atoms with E-state index in [-0.39, 0.29) is 0 Å². The monoisotopic (exact) mass is 268 g/mol. The summed E-state index contributed by atoms with van der Waals surface area (Å²) in [4.78, 5) is 10.3. The van der Waals surface area contributed by atoms with Crippen LogP contribution in [0.3, 0.4) is 0 Å². The lowest BCUT2D eigenvalue weighted by Gasteiger charge is -1.95. The van der Waals surface area contributed by atoms with Crippen molar-refractivity contribution in [3.63, 3.8) is 0 Å². The Morgan fingerprint density at radius 2 is 1.95 bits per heavy atom. The molecule has 1 heterocycles. The Kier molecular flexibility index (Phi) is 8.55. The van der Waals surface area contributed by atoms with Gasteiger partial charge in [-0.05, 0) is 32.1 Å². The third-order valence-corrected chi connectivity index (χ3v) is 3.58. The Morgan fingerprint density at radius 1 is 1.11 bits per heavy atom. The molecule has 1 fully saturated rings. The van der Waals surface area contributed by atoms with Gasteiger partial charge in [0.25, 0.3) is 0 Å². The van der Waals surface area contributed by atoms with Gasteiger partial charge in [0.1, 0.15) is 0 Å². The summed E-state index contributed by atoms with van der Waals surface area (Å²) in [6.45, 7) is 2.23. The van der Waals surface area contributed by atoms with Crippen LogP contribution in [0.2, 0.25) is 0 Å². The van der Waals surface area contributed by atoms with Crippen molar-refractivity contribution >= 4 is 5.97 Å². The van der Waals surface area contributed by atoms with E-state index in [4.69, 9.17) is 9.84 Å². The van der Waals surface area contributed by atoms with E-state index in [0.29, 0.717) is 18.6 Å². The number of carbonyl (C=O) groups is 1. The maximum Gasteiger partial charge on any atom is 0.303 e. The fraction of sp³-hybridized carbons (Fsp3) is 0.812. The second kappa shape index (κ2) is 10.0. The molecule has 0 bridgehead atoms. The smallest absolute Gasteiger partial charge is 0.303 e. The molecule has 19 heavy (non-hydrogen) atoms. The van der Waals surface area contributed by atoms with Gasteiger partial charge in [-0.2, -0.15) is 0 Å². The fourth-order valence-corrected chi connectivity index (χ4v) is 2.30. The summed E-state index contributed by atoms with van der Waals surface area (Å²) in [7, 11) is 0. The number of hydrogen-bond acceptors (Lipinski definition) is 2. The molecule has 0 aromatic rings. The van der Waals surface area contributed by atoms with Gasteiger partial charge in [0, 0.05) is 6.42 Å². The summed E-state index contributed by atoms with van der Waals surface area (Å²) in [5.74, 6) is -0.685. The van der Waals surface area contributed by atoms with Gasteiger partial charge in [-0.25, -0.2) is 0 Å². The zero-order valence-electron chi connectivity index (χ0n) is 12.1. The molecule has 3 heteroatoms. The summed E-state index contributed by atoms with van der Waals surface area (Å²) in [6.07, 6.45) is 15.9. The molecule has 110 valence electrons. The predicted molar refractivity (Wildman–Crippen MR) is 77.3 cm³/mol. The SMILES string of the molecule is CCCCC[C@H]1O[C@H]1C/C=C\CCCCCC(=O)O. The normalized spacial score (nSPS) is 21.9. The first-order valence-corrected chi connectivity index (χ1v) is 7.76. The molecule has 0 aromatic carbocycles. The van der Waals surface area contributed by atoms with E-state index >= 15 is 0 Å². The molecule has 0 radical (unpaired) electrons. The molecule has 0 amide bonds. The number of carboxylic acid groups (broad SMARTS) is 1. The first-order valence-electron chi connectivity index (χ1n) is 7.76. The number of carboxylic acids is 1. The average Bonchev–Trinajstić information content (AvgIpc) is 3.11. The highest BCUT2D eigenvalue weighted by atomic mass is 16.6. The summed E-state index contributed by atoms with van der Waals surface area (Å²) < 4.78 is 5.62. The summed E-state index contributed by atoms with van der Waals surface area (Å²) in [6, 6.07) is 0. The van der Waals surface area contributed by atoms with Gasteiger partial charge in [0.15, 0.2) is 0 Å². The molecule has 1 rings (SSSR count). The number of rotatable bonds is 12. The van der Waals surface area contributed by atoms with Crippen LogP contribution in [0.25, 0.3) is 0 Å². The van der Waals surface area contributed by atoms with E-state index < -0.39 is 5.97 Å². The van der Waals surface area contributed by atoms with Crippen LogP contribution in [0.1, 0.15) is 71.1 Å². The second-order valence-corrected chi connectivity index (χ2v) is 5.41. The van der Waals surface area contributed by atoms with Crippen LogP contribution in [0.15, 0.2) is 12.2 Å². The number of ether oxygens (including phenoxy) is 1. The topological polar surface area (TPSA) is 49.8 Å². The van der Waals surface area contributed by atoms with Gasteiger partial charge < -0.3 is 9.84 Å². The molecule has 0 unspecified atom stereocenters. The summed E-state index contributed by atoms with van der Waals surface area (Å²) in [5.41, 5.74) is 0. The van der Waals surface area contributed by atoms with Crippen molar-refractivity contribution < 1.29 is 14.6 Å². The van der Waals surface area contributed by atoms with Gasteiger partial charge in [0.2, 0.25) is 0 Å². The van der Waals surface area contributed by atoms with Crippen LogP contribution < -0.4 is 0 Å². The van der Waals surface area contributed by atoms with Crippen molar-refractivity contribution in [3.05, 3.63) is 12.2 Å². The number of aliphatic carboxylic acids is 1. The highest BCUT2D eigenvalue weighted by Gasteiger charge is 2.36. The molecule has 1 N–H and O–H groups in total. The van der Waals surface area contributed by atoms with Crippen LogP contribution in [-0.2, 0) is 9.53 Å². The van der Waals surface area contributed by atoms with Crippen molar-refractivity contribution in [3.8, 4) is 0 Å². The maximum absolute atomic E-state index is 10.3. The Labute approximate surface area is 117 Å². The first kappa shape index (κ1) is 16.2. The highest BCUT2D eigenvalue weighted by Crippen LogP contribution is 2.30. The number of unbranched alkanes of at least 4 members (excludes halogenated alkanes) is 5. The molecule has 1 saturated heterocycles. The molecule has 1 aliphatic rings. The Hall–Kier alpha value is -0.830. The predicted octanol–water partition coefficient (Wildman–Crippen LogP) is 4.32. The van der Waals surface area contributed by atoms with Crippen LogP contribution >= 0.6 is 0 Å². The highest BCUT2D eigenvalue weighted by molar-refractivity contribution is 5.66. The van der Waals surface area contributed by atoms with Crippen molar-refractivity contribution in [2.45, 2.75) is 83.3 Å². The molecule has 0 spiro atoms. The van der Waals surface area contributed by atoms with Crippen LogP contribution in [0, 0.1) is 0 Å². The molecular weight excluding hydrogens is 240 g/mol. The van der Waals surface area contributed by atoms with E-state index in [0.717, 1.165) is 32.1 Å². The van der Waals surface area contributed by atoms with Crippen molar-refractivity contribution in [2.24, 2.45) is 0 Å². The Bertz CT molecular complexity index is 273. The van der Waals surface area contributed by atoms with E-state index in [1.807, 2.05) is 0 Å². The molecule has 2 atom stereocenters. The molecule has 1 aliphatic heterocycles. The van der Waals surface area contributed by atoms with Gasteiger partial charge in [0.05, 0.1) is 12.2 Å². The van der Waals surface area contributed by atoms with Crippen molar-refractivity contribution in [1.29, 1.82) is 0 Å². The minimum Gasteiger partial charge on any atom is -0.481 e. The Morgan fingerprint density at radius 3 is 2.68 bits per heavy atom. The quantitative estimate of drug-likeness (QED) is 0.326. The second-order valence-electron chi connectivity index (χ2n) is 5.41.